The third-order valence-electron chi connectivity index (χ3n) is 2.71. The van der Waals surface area contributed by atoms with Crippen LogP contribution >= 0.6 is 11.8 Å². The topological polar surface area (TPSA) is 49.9 Å². The molecule has 0 saturated carbocycles. The Labute approximate surface area is 113 Å². The van der Waals surface area contributed by atoms with Crippen molar-refractivity contribution in [3.63, 3.8) is 0 Å². The Hall–Kier alpha value is -1.88. The molecule has 0 aliphatic rings. The number of Topliss-reactive ketones (excluding diaryl/α,β-unsaturated/α-hetero) is 1. The van der Waals surface area contributed by atoms with Gasteiger partial charge >= 0.3 is 0 Å². The van der Waals surface area contributed by atoms with Crippen LogP contribution in [0.1, 0.15) is 22.8 Å². The van der Waals surface area contributed by atoms with Gasteiger partial charge in [-0.15, -0.1) is 0 Å². The fourth-order valence-corrected chi connectivity index (χ4v) is 2.64. The molecule has 0 spiro atoms. The van der Waals surface area contributed by atoms with Gasteiger partial charge in [-0.05, 0) is 43.7 Å². The average molecular weight is 277 g/mol. The maximum absolute atomic E-state index is 12.8. The number of carbonyl (C=O) groups is 1. The van der Waals surface area contributed by atoms with Crippen LogP contribution in [0.25, 0.3) is 0 Å². The van der Waals surface area contributed by atoms with Gasteiger partial charge in [0.1, 0.15) is 5.82 Å². The Morgan fingerprint density at radius 3 is 2.47 bits per heavy atom. The second-order valence-corrected chi connectivity index (χ2v) is 5.18. The van der Waals surface area contributed by atoms with Crippen LogP contribution in [0.2, 0.25) is 0 Å². The molecular formula is C14H12FNO2S. The number of rotatable bonds is 3. The third-order valence-corrected chi connectivity index (χ3v) is 3.91. The molecule has 0 saturated heterocycles. The van der Waals surface area contributed by atoms with Gasteiger partial charge in [-0.1, -0.05) is 11.8 Å². The lowest BCUT2D eigenvalue weighted by Crippen LogP contribution is -2.13. The summed E-state index contributed by atoms with van der Waals surface area (Å²) >= 11 is 1.22. The highest BCUT2D eigenvalue weighted by molar-refractivity contribution is 7.99. The number of benzene rings is 1. The summed E-state index contributed by atoms with van der Waals surface area (Å²) in [6.45, 7) is 3.19. The second kappa shape index (κ2) is 5.40. The van der Waals surface area contributed by atoms with Crippen LogP contribution in [0.5, 0.6) is 0 Å². The summed E-state index contributed by atoms with van der Waals surface area (Å²) in [5.41, 5.74) is 0.881. The van der Waals surface area contributed by atoms with Gasteiger partial charge < -0.3 is 4.98 Å². The van der Waals surface area contributed by atoms with Crippen LogP contribution in [0, 0.1) is 12.7 Å². The van der Waals surface area contributed by atoms with Crippen LogP contribution in [-0.2, 0) is 0 Å². The minimum Gasteiger partial charge on any atom is -0.327 e. The summed E-state index contributed by atoms with van der Waals surface area (Å²) in [7, 11) is 0. The van der Waals surface area contributed by atoms with Crippen LogP contribution in [0.15, 0.2) is 45.0 Å². The Bertz CT molecular complexity index is 677. The molecule has 5 heteroatoms. The fraction of sp³-hybridized carbons (Fsp3) is 0.143. The molecule has 1 aromatic heterocycles. The second-order valence-electron chi connectivity index (χ2n) is 4.10. The van der Waals surface area contributed by atoms with Crippen molar-refractivity contribution in [3.05, 3.63) is 57.8 Å². The molecule has 0 fully saturated rings. The van der Waals surface area contributed by atoms with E-state index in [1.54, 1.807) is 19.1 Å². The predicted octanol–water partition coefficient (Wildman–Crippen LogP) is 3.18. The zero-order valence-corrected chi connectivity index (χ0v) is 11.3. The van der Waals surface area contributed by atoms with Crippen LogP contribution < -0.4 is 5.56 Å². The van der Waals surface area contributed by atoms with E-state index in [-0.39, 0.29) is 17.2 Å². The molecule has 0 radical (unpaired) electrons. The number of hydrogen-bond donors (Lipinski definition) is 1. The maximum atomic E-state index is 12.8. The van der Waals surface area contributed by atoms with Gasteiger partial charge in [0, 0.05) is 16.7 Å². The van der Waals surface area contributed by atoms with E-state index >= 15 is 0 Å². The van der Waals surface area contributed by atoms with E-state index in [4.69, 9.17) is 0 Å². The fourth-order valence-electron chi connectivity index (χ4n) is 1.71. The van der Waals surface area contributed by atoms with Gasteiger partial charge in [0.05, 0.1) is 4.90 Å². The average Bonchev–Trinajstić information content (AvgIpc) is 2.36. The molecule has 2 rings (SSSR count). The Morgan fingerprint density at radius 1 is 1.26 bits per heavy atom. The van der Waals surface area contributed by atoms with Crippen molar-refractivity contribution in [2.24, 2.45) is 0 Å². The minimum absolute atomic E-state index is 0.102. The quantitative estimate of drug-likeness (QED) is 0.877. The smallest absolute Gasteiger partial charge is 0.262 e. The molecule has 1 aromatic carbocycles. The number of ketones is 1. The molecular weight excluding hydrogens is 265 g/mol. The standard InChI is InChI=1S/C14H12FNO2S/c1-8-12(9(2)17)7-16-14(18)13(8)19-11-5-3-10(15)4-6-11/h3-7H,1-2H3,(H,16,18). The van der Waals surface area contributed by atoms with Gasteiger partial charge in [-0.3, -0.25) is 9.59 Å². The number of H-pyrrole nitrogens is 1. The highest BCUT2D eigenvalue weighted by atomic mass is 32.2. The van der Waals surface area contributed by atoms with Crippen molar-refractivity contribution < 1.29 is 9.18 Å². The largest absolute Gasteiger partial charge is 0.327 e. The van der Waals surface area contributed by atoms with Crippen molar-refractivity contribution in [2.75, 3.05) is 0 Å². The van der Waals surface area contributed by atoms with Gasteiger partial charge in [-0.2, -0.15) is 0 Å². The first-order valence-electron chi connectivity index (χ1n) is 5.65. The number of nitrogens with one attached hydrogen (secondary N) is 1. The van der Waals surface area contributed by atoms with Crippen molar-refractivity contribution in [1.29, 1.82) is 0 Å². The molecule has 0 unspecified atom stereocenters. The van der Waals surface area contributed by atoms with Crippen LogP contribution in [-0.4, -0.2) is 10.8 Å². The first kappa shape index (κ1) is 13.5. The number of hydrogen-bond acceptors (Lipinski definition) is 3. The molecule has 0 bridgehead atoms. The third kappa shape index (κ3) is 2.93. The first-order valence-corrected chi connectivity index (χ1v) is 6.47. The molecule has 0 amide bonds. The molecule has 2 aromatic rings. The van der Waals surface area contributed by atoms with Crippen molar-refractivity contribution in [3.8, 4) is 0 Å². The van der Waals surface area contributed by atoms with Crippen molar-refractivity contribution >= 4 is 17.5 Å². The SMILES string of the molecule is CC(=O)c1c[nH]c(=O)c(Sc2ccc(F)cc2)c1C. The zero-order chi connectivity index (χ0) is 14.0. The predicted molar refractivity (Wildman–Crippen MR) is 72.3 cm³/mol. The van der Waals surface area contributed by atoms with E-state index in [2.05, 4.69) is 4.98 Å². The van der Waals surface area contributed by atoms with Crippen LogP contribution in [0.4, 0.5) is 4.39 Å². The summed E-state index contributed by atoms with van der Waals surface area (Å²) in [6.07, 6.45) is 1.43. The lowest BCUT2D eigenvalue weighted by Gasteiger charge is -2.07. The summed E-state index contributed by atoms with van der Waals surface area (Å²) in [4.78, 5) is 27.0. The number of aromatic nitrogens is 1. The first-order chi connectivity index (χ1) is 8.99. The Morgan fingerprint density at radius 2 is 1.89 bits per heavy atom. The van der Waals surface area contributed by atoms with E-state index < -0.39 is 0 Å². The van der Waals surface area contributed by atoms with Gasteiger partial charge in [-0.25, -0.2) is 4.39 Å². The highest BCUT2D eigenvalue weighted by Gasteiger charge is 2.13. The zero-order valence-electron chi connectivity index (χ0n) is 10.5. The summed E-state index contributed by atoms with van der Waals surface area (Å²) < 4.78 is 12.8. The molecule has 0 aliphatic carbocycles. The number of pyridine rings is 1. The normalized spacial score (nSPS) is 10.5. The lowest BCUT2D eigenvalue weighted by molar-refractivity contribution is 0.101. The van der Waals surface area contributed by atoms with E-state index in [0.29, 0.717) is 16.0 Å². The molecule has 19 heavy (non-hydrogen) atoms. The lowest BCUT2D eigenvalue weighted by atomic mass is 10.1. The van der Waals surface area contributed by atoms with E-state index in [1.165, 1.54) is 37.0 Å². The molecule has 1 N–H and O–H groups in total. The molecule has 0 atom stereocenters. The molecule has 0 aliphatic heterocycles. The van der Waals surface area contributed by atoms with Gasteiger partial charge in [0.15, 0.2) is 5.78 Å². The maximum Gasteiger partial charge on any atom is 0.262 e. The van der Waals surface area contributed by atoms with Crippen molar-refractivity contribution in [1.82, 2.24) is 4.98 Å². The minimum atomic E-state index is -0.326. The van der Waals surface area contributed by atoms with Gasteiger partial charge in [0.25, 0.3) is 5.56 Å². The molecule has 1 heterocycles. The van der Waals surface area contributed by atoms with E-state index in [9.17, 15) is 14.0 Å². The highest BCUT2D eigenvalue weighted by Crippen LogP contribution is 2.28. The summed E-state index contributed by atoms with van der Waals surface area (Å²) in [5, 5.41) is 0. The Kier molecular flexibility index (Phi) is 3.85. The number of halogens is 1. The Balaban J connectivity index is 2.45. The summed E-state index contributed by atoms with van der Waals surface area (Å²) in [6, 6.07) is 5.86. The van der Waals surface area contributed by atoms with E-state index in [0.717, 1.165) is 4.90 Å². The molecule has 3 nitrogen and oxygen atoms in total. The number of aromatic amines is 1. The van der Waals surface area contributed by atoms with E-state index in [1.807, 2.05) is 0 Å². The monoisotopic (exact) mass is 277 g/mol. The number of carbonyl (C=O) groups excluding carboxylic acids is 1. The molecule has 98 valence electrons. The van der Waals surface area contributed by atoms with Gasteiger partial charge in [0.2, 0.25) is 0 Å². The van der Waals surface area contributed by atoms with Crippen LogP contribution in [0.3, 0.4) is 0 Å². The summed E-state index contributed by atoms with van der Waals surface area (Å²) in [5.74, 6) is -0.429. The van der Waals surface area contributed by atoms with Crippen molar-refractivity contribution in [2.45, 2.75) is 23.6 Å².